The second kappa shape index (κ2) is 6.66. The zero-order chi connectivity index (χ0) is 17.0. The molecule has 0 saturated carbocycles. The van der Waals surface area contributed by atoms with Gasteiger partial charge in [-0.2, -0.15) is 13.2 Å². The highest BCUT2D eigenvalue weighted by Gasteiger charge is 2.30. The Morgan fingerprint density at radius 2 is 1.74 bits per heavy atom. The third-order valence-electron chi connectivity index (χ3n) is 2.81. The first-order valence-electron chi connectivity index (χ1n) is 6.34. The van der Waals surface area contributed by atoms with Gasteiger partial charge < -0.3 is 10.4 Å². The molecule has 0 saturated heterocycles. The van der Waals surface area contributed by atoms with E-state index in [1.54, 1.807) is 12.1 Å². The van der Waals surface area contributed by atoms with Crippen LogP contribution in [0.25, 0.3) is 0 Å². The van der Waals surface area contributed by atoms with Crippen LogP contribution in [0.15, 0.2) is 48.5 Å². The van der Waals surface area contributed by atoms with Crippen LogP contribution in [0.1, 0.15) is 15.9 Å². The second-order valence-corrected chi connectivity index (χ2v) is 4.94. The number of carbonyl (C=O) groups is 1. The Kier molecular flexibility index (Phi) is 4.85. The zero-order valence-electron chi connectivity index (χ0n) is 11.5. The van der Waals surface area contributed by atoms with Crippen LogP contribution < -0.4 is 10.6 Å². The molecule has 3 N–H and O–H groups in total. The lowest BCUT2D eigenvalue weighted by Gasteiger charge is -2.10. The van der Waals surface area contributed by atoms with Crippen LogP contribution in [0.2, 0.25) is 0 Å². The van der Waals surface area contributed by atoms with Crippen molar-refractivity contribution in [3.05, 3.63) is 59.7 Å². The lowest BCUT2D eigenvalue weighted by Crippen LogP contribution is -2.34. The molecular formula is C15H11F3N2O2S. The molecule has 0 spiro atoms. The van der Waals surface area contributed by atoms with Crippen molar-refractivity contribution < 1.29 is 23.1 Å². The molecule has 0 aliphatic heterocycles. The maximum Gasteiger partial charge on any atom is 0.416 e. The van der Waals surface area contributed by atoms with Gasteiger partial charge in [-0.05, 0) is 48.6 Å². The highest BCUT2D eigenvalue weighted by molar-refractivity contribution is 7.80. The minimum Gasteiger partial charge on any atom is -0.508 e. The minimum atomic E-state index is -4.46. The van der Waals surface area contributed by atoms with Crippen LogP contribution in [0.5, 0.6) is 5.75 Å². The maximum absolute atomic E-state index is 12.5. The summed E-state index contributed by atoms with van der Waals surface area (Å²) in [4.78, 5) is 11.9. The number of nitrogens with one attached hydrogen (secondary N) is 2. The van der Waals surface area contributed by atoms with Crippen molar-refractivity contribution >= 4 is 28.9 Å². The molecule has 0 aliphatic carbocycles. The first kappa shape index (κ1) is 16.8. The highest BCUT2D eigenvalue weighted by atomic mass is 32.1. The summed E-state index contributed by atoms with van der Waals surface area (Å²) in [5.41, 5.74) is -0.338. The molecule has 4 nitrogen and oxygen atoms in total. The first-order valence-corrected chi connectivity index (χ1v) is 6.75. The van der Waals surface area contributed by atoms with Gasteiger partial charge in [0.15, 0.2) is 5.11 Å². The molecule has 2 rings (SSSR count). The fourth-order valence-electron chi connectivity index (χ4n) is 1.73. The largest absolute Gasteiger partial charge is 0.508 e. The number of benzene rings is 2. The number of hydrogen-bond donors (Lipinski definition) is 3. The Balaban J connectivity index is 2.00. The summed E-state index contributed by atoms with van der Waals surface area (Å²) < 4.78 is 37.4. The van der Waals surface area contributed by atoms with Gasteiger partial charge in [0.2, 0.25) is 0 Å². The number of halogens is 3. The average molecular weight is 340 g/mol. The maximum atomic E-state index is 12.5. The number of aromatic hydroxyl groups is 1. The monoisotopic (exact) mass is 340 g/mol. The van der Waals surface area contributed by atoms with E-state index in [0.29, 0.717) is 5.69 Å². The van der Waals surface area contributed by atoms with Crippen LogP contribution in [0.3, 0.4) is 0 Å². The number of anilines is 1. The van der Waals surface area contributed by atoms with Crippen molar-refractivity contribution in [3.63, 3.8) is 0 Å². The van der Waals surface area contributed by atoms with Crippen LogP contribution in [-0.4, -0.2) is 16.1 Å². The van der Waals surface area contributed by atoms with Crippen molar-refractivity contribution in [2.45, 2.75) is 6.18 Å². The molecule has 0 fully saturated rings. The van der Waals surface area contributed by atoms with E-state index in [1.165, 1.54) is 12.1 Å². The predicted octanol–water partition coefficient (Wildman–Crippen LogP) is 3.54. The molecule has 0 aliphatic rings. The van der Waals surface area contributed by atoms with E-state index < -0.39 is 17.6 Å². The van der Waals surface area contributed by atoms with Crippen LogP contribution in [0.4, 0.5) is 18.9 Å². The fraction of sp³-hybridized carbons (Fsp3) is 0.0667. The van der Waals surface area contributed by atoms with Gasteiger partial charge in [0.25, 0.3) is 5.91 Å². The molecular weight excluding hydrogens is 329 g/mol. The topological polar surface area (TPSA) is 61.4 Å². The molecule has 0 atom stereocenters. The Labute approximate surface area is 134 Å². The number of hydrogen-bond acceptors (Lipinski definition) is 3. The molecule has 1 amide bonds. The smallest absolute Gasteiger partial charge is 0.416 e. The number of phenols is 1. The average Bonchev–Trinajstić information content (AvgIpc) is 2.46. The standard InChI is InChI=1S/C15H11F3N2O2S/c16-15(17,18)10-6-4-9(5-7-10)13(22)20-14(23)19-11-2-1-3-12(21)8-11/h1-8,21H,(H2,19,20,22,23). The molecule has 23 heavy (non-hydrogen) atoms. The van der Waals surface area contributed by atoms with Gasteiger partial charge >= 0.3 is 6.18 Å². The molecule has 0 unspecified atom stereocenters. The van der Waals surface area contributed by atoms with Gasteiger partial charge in [-0.15, -0.1) is 0 Å². The van der Waals surface area contributed by atoms with Gasteiger partial charge in [-0.1, -0.05) is 6.07 Å². The van der Waals surface area contributed by atoms with Crippen molar-refractivity contribution in [2.24, 2.45) is 0 Å². The summed E-state index contributed by atoms with van der Waals surface area (Å²) in [6, 6.07) is 9.84. The number of phenolic OH excluding ortho intramolecular Hbond substituents is 1. The van der Waals surface area contributed by atoms with E-state index >= 15 is 0 Å². The quantitative estimate of drug-likeness (QED) is 0.732. The van der Waals surface area contributed by atoms with Crippen LogP contribution in [0, 0.1) is 0 Å². The predicted molar refractivity (Wildman–Crippen MR) is 83.2 cm³/mol. The Morgan fingerprint density at radius 1 is 1.09 bits per heavy atom. The van der Waals surface area contributed by atoms with E-state index in [9.17, 15) is 23.1 Å². The van der Waals surface area contributed by atoms with E-state index in [0.717, 1.165) is 24.3 Å². The lowest BCUT2D eigenvalue weighted by atomic mass is 10.1. The minimum absolute atomic E-state index is 0.0202. The number of amides is 1. The SMILES string of the molecule is O=C(NC(=S)Nc1cccc(O)c1)c1ccc(C(F)(F)F)cc1. The van der Waals surface area contributed by atoms with E-state index in [1.807, 2.05) is 0 Å². The molecule has 2 aromatic rings. The summed E-state index contributed by atoms with van der Waals surface area (Å²) >= 11 is 4.94. The Morgan fingerprint density at radius 3 is 2.30 bits per heavy atom. The first-order chi connectivity index (χ1) is 10.8. The van der Waals surface area contributed by atoms with Gasteiger partial charge in [0, 0.05) is 17.3 Å². The number of thiocarbonyl (C=S) groups is 1. The van der Waals surface area contributed by atoms with Crippen LogP contribution >= 0.6 is 12.2 Å². The van der Waals surface area contributed by atoms with Crippen molar-refractivity contribution in [3.8, 4) is 5.75 Å². The molecule has 2 aromatic carbocycles. The zero-order valence-corrected chi connectivity index (χ0v) is 12.3. The third-order valence-corrected chi connectivity index (χ3v) is 3.01. The summed E-state index contributed by atoms with van der Waals surface area (Å²) in [5, 5.41) is 14.3. The van der Waals surface area contributed by atoms with Crippen molar-refractivity contribution in [1.82, 2.24) is 5.32 Å². The number of carbonyl (C=O) groups excluding carboxylic acids is 1. The molecule has 0 radical (unpaired) electrons. The van der Waals surface area contributed by atoms with Gasteiger partial charge in [0.1, 0.15) is 5.75 Å². The fourth-order valence-corrected chi connectivity index (χ4v) is 1.94. The molecule has 0 aromatic heterocycles. The van der Waals surface area contributed by atoms with Crippen LogP contribution in [-0.2, 0) is 6.18 Å². The second-order valence-electron chi connectivity index (χ2n) is 4.53. The summed E-state index contributed by atoms with van der Waals surface area (Å²) in [6.07, 6.45) is -4.46. The van der Waals surface area contributed by atoms with Gasteiger partial charge in [-0.3, -0.25) is 10.1 Å². The van der Waals surface area contributed by atoms with E-state index in [2.05, 4.69) is 10.6 Å². The lowest BCUT2D eigenvalue weighted by molar-refractivity contribution is -0.137. The molecule has 8 heteroatoms. The number of alkyl halides is 3. The summed E-state index contributed by atoms with van der Waals surface area (Å²) in [5.74, 6) is -0.622. The summed E-state index contributed by atoms with van der Waals surface area (Å²) in [6.45, 7) is 0. The Bertz CT molecular complexity index is 730. The van der Waals surface area contributed by atoms with Gasteiger partial charge in [0.05, 0.1) is 5.56 Å². The van der Waals surface area contributed by atoms with Gasteiger partial charge in [-0.25, -0.2) is 0 Å². The molecule has 0 heterocycles. The Hall–Kier alpha value is -2.61. The molecule has 0 bridgehead atoms. The van der Waals surface area contributed by atoms with Crippen molar-refractivity contribution in [1.29, 1.82) is 0 Å². The third kappa shape index (κ3) is 4.68. The van der Waals surface area contributed by atoms with Crippen molar-refractivity contribution in [2.75, 3.05) is 5.32 Å². The van der Waals surface area contributed by atoms with E-state index in [4.69, 9.17) is 12.2 Å². The van der Waals surface area contributed by atoms with E-state index in [-0.39, 0.29) is 16.4 Å². The summed E-state index contributed by atoms with van der Waals surface area (Å²) in [7, 11) is 0. The highest BCUT2D eigenvalue weighted by Crippen LogP contribution is 2.29. The molecule has 120 valence electrons. The normalized spacial score (nSPS) is 10.9. The number of rotatable bonds is 2.